The highest BCUT2D eigenvalue weighted by atomic mass is 35.5. The normalized spacial score (nSPS) is 28.0. The highest BCUT2D eigenvalue weighted by Crippen LogP contribution is 2.36. The lowest BCUT2D eigenvalue weighted by Crippen LogP contribution is -2.21. The molecule has 0 N–H and O–H groups in total. The van der Waals surface area contributed by atoms with Gasteiger partial charge in [-0.1, -0.05) is 12.2 Å². The summed E-state index contributed by atoms with van der Waals surface area (Å²) >= 11 is 6.38. The van der Waals surface area contributed by atoms with Crippen molar-refractivity contribution >= 4 is 22.5 Å². The largest absolute Gasteiger partial charge is 0.346 e. The number of alkyl halides is 2. The van der Waals surface area contributed by atoms with Crippen LogP contribution in [0.25, 0.3) is 10.9 Å². The third-order valence-corrected chi connectivity index (χ3v) is 5.59. The van der Waals surface area contributed by atoms with Gasteiger partial charge in [0.2, 0.25) is 0 Å². The van der Waals surface area contributed by atoms with Gasteiger partial charge in [-0.3, -0.25) is 4.98 Å². The van der Waals surface area contributed by atoms with Crippen LogP contribution in [0.2, 0.25) is 0 Å². The summed E-state index contributed by atoms with van der Waals surface area (Å²) in [6, 6.07) is 2.18. The number of allylic oxidation sites excluding steroid dienone is 2. The summed E-state index contributed by atoms with van der Waals surface area (Å²) in [5.74, 6) is 0.0116. The minimum atomic E-state index is -0.924. The molecule has 0 unspecified atom stereocenters. The number of rotatable bonds is 1. The molecule has 0 aliphatic heterocycles. The summed E-state index contributed by atoms with van der Waals surface area (Å²) < 4.78 is 15.7. The molecule has 3 atom stereocenters. The van der Waals surface area contributed by atoms with Crippen molar-refractivity contribution in [3.05, 3.63) is 41.4 Å². The molecule has 4 heteroatoms. The Morgan fingerprint density at radius 2 is 2.09 bits per heavy atom. The molecule has 0 amide bonds. The molecule has 0 fully saturated rings. The second kappa shape index (κ2) is 5.38. The van der Waals surface area contributed by atoms with E-state index in [-0.39, 0.29) is 11.3 Å². The quantitative estimate of drug-likeness (QED) is 0.561. The zero-order valence-corrected chi connectivity index (χ0v) is 13.5. The molecule has 2 aromatic heterocycles. The Morgan fingerprint density at radius 1 is 1.27 bits per heavy atom. The average Bonchev–Trinajstić information content (AvgIpc) is 2.81. The number of aromatic nitrogens is 2. The van der Waals surface area contributed by atoms with Crippen molar-refractivity contribution in [3.8, 4) is 0 Å². The Balaban J connectivity index is 1.82. The molecule has 2 aromatic rings. The van der Waals surface area contributed by atoms with Gasteiger partial charge in [-0.2, -0.15) is 0 Å². The van der Waals surface area contributed by atoms with Gasteiger partial charge >= 0.3 is 0 Å². The average molecular weight is 319 g/mol. The fourth-order valence-corrected chi connectivity index (χ4v) is 4.32. The second-order valence-electron chi connectivity index (χ2n) is 6.50. The number of fused-ring (bicyclic) bond motifs is 3. The zero-order valence-electron chi connectivity index (χ0n) is 12.7. The van der Waals surface area contributed by atoms with Crippen LogP contribution in [0.15, 0.2) is 24.4 Å². The number of hydrogen-bond donors (Lipinski definition) is 0. The predicted octanol–water partition coefficient (Wildman–Crippen LogP) is 4.44. The lowest BCUT2D eigenvalue weighted by atomic mass is 9.90. The third-order valence-electron chi connectivity index (χ3n) is 5.14. The van der Waals surface area contributed by atoms with Crippen LogP contribution in [0.1, 0.15) is 42.1 Å². The topological polar surface area (TPSA) is 17.8 Å². The Morgan fingerprint density at radius 3 is 2.91 bits per heavy atom. The van der Waals surface area contributed by atoms with E-state index in [1.807, 2.05) is 12.3 Å². The Labute approximate surface area is 135 Å². The lowest BCUT2D eigenvalue weighted by Gasteiger charge is -2.24. The fourth-order valence-electron chi connectivity index (χ4n) is 3.94. The number of halogens is 2. The molecule has 0 spiro atoms. The van der Waals surface area contributed by atoms with Gasteiger partial charge in [0.1, 0.15) is 6.17 Å². The standard InChI is InChI=1S/C18H20ClFN2/c1-22-17-5-3-2-4-12(17)14-9-16(21-10-18(14)22)13-7-6-11(20)8-15(13)19/h6-7,9-11,13,15H,2-5,8H2,1H3/t11-,13+,15-/m0/s1. The number of nitrogens with zero attached hydrogens (tertiary/aromatic N) is 2. The molecule has 116 valence electrons. The molecule has 0 bridgehead atoms. The second-order valence-corrected chi connectivity index (χ2v) is 7.06. The van der Waals surface area contributed by atoms with Crippen molar-refractivity contribution < 1.29 is 4.39 Å². The van der Waals surface area contributed by atoms with Crippen LogP contribution in [-0.4, -0.2) is 21.1 Å². The first kappa shape index (κ1) is 14.3. The van der Waals surface area contributed by atoms with E-state index in [1.54, 1.807) is 6.08 Å². The van der Waals surface area contributed by atoms with Crippen LogP contribution < -0.4 is 0 Å². The molecule has 22 heavy (non-hydrogen) atoms. The van der Waals surface area contributed by atoms with Crippen molar-refractivity contribution in [3.63, 3.8) is 0 Å². The maximum Gasteiger partial charge on any atom is 0.120 e. The SMILES string of the molecule is Cn1c2c(c3cc([C@@H]4C=C[C@H](F)C[C@@H]4Cl)ncc31)CCCC2. The van der Waals surface area contributed by atoms with Crippen molar-refractivity contribution in [2.45, 2.75) is 49.6 Å². The van der Waals surface area contributed by atoms with Crippen molar-refractivity contribution in [2.24, 2.45) is 7.05 Å². The van der Waals surface area contributed by atoms with Gasteiger partial charge < -0.3 is 4.57 Å². The molecule has 2 heterocycles. The monoisotopic (exact) mass is 318 g/mol. The summed E-state index contributed by atoms with van der Waals surface area (Å²) in [6.45, 7) is 0. The van der Waals surface area contributed by atoms with Gasteiger partial charge in [-0.15, -0.1) is 11.6 Å². The maximum absolute atomic E-state index is 13.4. The van der Waals surface area contributed by atoms with Crippen LogP contribution in [0.3, 0.4) is 0 Å². The van der Waals surface area contributed by atoms with Crippen molar-refractivity contribution in [1.29, 1.82) is 0 Å². The van der Waals surface area contributed by atoms with Crippen molar-refractivity contribution in [1.82, 2.24) is 9.55 Å². The summed E-state index contributed by atoms with van der Waals surface area (Å²) in [4.78, 5) is 4.63. The fraction of sp³-hybridized carbons (Fsp3) is 0.500. The van der Waals surface area contributed by atoms with Gasteiger partial charge in [0.25, 0.3) is 0 Å². The first-order valence-corrected chi connectivity index (χ1v) is 8.51. The Hall–Kier alpha value is -1.35. The number of pyridine rings is 1. The molecule has 0 radical (unpaired) electrons. The highest BCUT2D eigenvalue weighted by Gasteiger charge is 2.28. The van der Waals surface area contributed by atoms with E-state index in [0.29, 0.717) is 6.42 Å². The van der Waals surface area contributed by atoms with E-state index in [2.05, 4.69) is 22.7 Å². The lowest BCUT2D eigenvalue weighted by molar-refractivity contribution is 0.354. The Bertz CT molecular complexity index is 749. The predicted molar refractivity (Wildman–Crippen MR) is 88.4 cm³/mol. The van der Waals surface area contributed by atoms with Crippen molar-refractivity contribution in [2.75, 3.05) is 0 Å². The van der Waals surface area contributed by atoms with Crippen LogP contribution in [0, 0.1) is 0 Å². The summed E-state index contributed by atoms with van der Waals surface area (Å²) in [6.07, 6.45) is 9.74. The van der Waals surface area contributed by atoms with Crippen LogP contribution in [-0.2, 0) is 19.9 Å². The third kappa shape index (κ3) is 2.18. The van der Waals surface area contributed by atoms with Gasteiger partial charge in [0.15, 0.2) is 0 Å². The maximum atomic E-state index is 13.4. The van der Waals surface area contributed by atoms with E-state index in [9.17, 15) is 4.39 Å². The minimum Gasteiger partial charge on any atom is -0.346 e. The molecule has 0 saturated carbocycles. The molecule has 2 aliphatic rings. The Kier molecular flexibility index (Phi) is 3.48. The van der Waals surface area contributed by atoms with E-state index in [4.69, 9.17) is 11.6 Å². The molecule has 0 saturated heterocycles. The summed E-state index contributed by atoms with van der Waals surface area (Å²) in [5.41, 5.74) is 5.09. The van der Waals surface area contributed by atoms with E-state index >= 15 is 0 Å². The van der Waals surface area contributed by atoms with Gasteiger partial charge in [-0.05, 0) is 43.7 Å². The first-order valence-electron chi connectivity index (χ1n) is 8.07. The first-order chi connectivity index (χ1) is 10.6. The zero-order chi connectivity index (χ0) is 15.3. The van der Waals surface area contributed by atoms with E-state index < -0.39 is 6.17 Å². The number of hydrogen-bond acceptors (Lipinski definition) is 1. The summed E-state index contributed by atoms with van der Waals surface area (Å²) in [5, 5.41) is 1.09. The smallest absolute Gasteiger partial charge is 0.120 e. The minimum absolute atomic E-state index is 0.0116. The molecule has 4 rings (SSSR count). The molecule has 2 aliphatic carbocycles. The van der Waals surface area contributed by atoms with E-state index in [0.717, 1.165) is 18.5 Å². The molecular formula is C18H20ClFN2. The molecular weight excluding hydrogens is 299 g/mol. The highest BCUT2D eigenvalue weighted by molar-refractivity contribution is 6.21. The molecule has 2 nitrogen and oxygen atoms in total. The number of aryl methyl sites for hydroxylation is 2. The van der Waals surface area contributed by atoms with Crippen LogP contribution in [0.5, 0.6) is 0 Å². The molecule has 0 aromatic carbocycles. The van der Waals surface area contributed by atoms with Gasteiger partial charge in [-0.25, -0.2) is 4.39 Å². The van der Waals surface area contributed by atoms with E-state index in [1.165, 1.54) is 35.0 Å². The van der Waals surface area contributed by atoms with Gasteiger partial charge in [0, 0.05) is 35.1 Å². The van der Waals surface area contributed by atoms with Crippen LogP contribution in [0.4, 0.5) is 4.39 Å². The van der Waals surface area contributed by atoms with Gasteiger partial charge in [0.05, 0.1) is 11.7 Å². The summed E-state index contributed by atoms with van der Waals surface area (Å²) in [7, 11) is 2.13. The van der Waals surface area contributed by atoms with Crippen LogP contribution >= 0.6 is 11.6 Å².